The van der Waals surface area contributed by atoms with E-state index in [9.17, 15) is 9.59 Å². The largest absolute Gasteiger partial charge is 0.494 e. The van der Waals surface area contributed by atoms with Gasteiger partial charge in [0.25, 0.3) is 5.91 Å². The van der Waals surface area contributed by atoms with Crippen molar-refractivity contribution in [1.29, 1.82) is 0 Å². The molecule has 1 saturated heterocycles. The van der Waals surface area contributed by atoms with Crippen LogP contribution in [-0.2, 0) is 9.59 Å². The number of piperidine rings is 1. The number of carbonyl (C=O) groups excluding carboxylic acids is 2. The van der Waals surface area contributed by atoms with Crippen molar-refractivity contribution in [3.05, 3.63) is 42.5 Å². The lowest BCUT2D eigenvalue weighted by atomic mass is 9.95. The fraction of sp³-hybridized carbons (Fsp3) is 0.417. The first-order chi connectivity index (χ1) is 15.6. The van der Waals surface area contributed by atoms with Gasteiger partial charge in [0, 0.05) is 30.8 Å². The summed E-state index contributed by atoms with van der Waals surface area (Å²) in [4.78, 5) is 26.9. The van der Waals surface area contributed by atoms with Crippen molar-refractivity contribution < 1.29 is 28.5 Å². The Balaban J connectivity index is 1.20. The van der Waals surface area contributed by atoms with Crippen molar-refractivity contribution in [2.45, 2.75) is 26.2 Å². The Morgan fingerprint density at radius 1 is 1.00 bits per heavy atom. The number of hydrogen-bond donors (Lipinski definition) is 1. The van der Waals surface area contributed by atoms with E-state index in [1.807, 2.05) is 12.1 Å². The molecule has 2 aliphatic rings. The first-order valence-electron chi connectivity index (χ1n) is 11.0. The van der Waals surface area contributed by atoms with Crippen molar-refractivity contribution >= 4 is 17.5 Å². The summed E-state index contributed by atoms with van der Waals surface area (Å²) in [6.45, 7) is 3.96. The molecule has 2 amide bonds. The monoisotopic (exact) mass is 440 g/mol. The average Bonchev–Trinajstić information content (AvgIpc) is 3.30. The van der Waals surface area contributed by atoms with E-state index >= 15 is 0 Å². The van der Waals surface area contributed by atoms with Crippen LogP contribution in [0.25, 0.3) is 0 Å². The first-order valence-corrected chi connectivity index (χ1v) is 11.0. The summed E-state index contributed by atoms with van der Waals surface area (Å²) in [5.74, 6) is 2.46. The maximum atomic E-state index is 12.6. The molecule has 2 aliphatic heterocycles. The predicted octanol–water partition coefficient (Wildman–Crippen LogP) is 3.46. The van der Waals surface area contributed by atoms with E-state index in [1.54, 1.807) is 35.2 Å². The number of fused-ring (bicyclic) bond motifs is 1. The molecule has 0 saturated carbocycles. The molecule has 8 nitrogen and oxygen atoms in total. The lowest BCUT2D eigenvalue weighted by molar-refractivity contribution is -0.136. The smallest absolute Gasteiger partial charge is 0.260 e. The van der Waals surface area contributed by atoms with Crippen LogP contribution in [0.5, 0.6) is 23.0 Å². The molecule has 2 heterocycles. The van der Waals surface area contributed by atoms with E-state index in [0.717, 1.165) is 12.2 Å². The summed E-state index contributed by atoms with van der Waals surface area (Å²) in [5, 5.41) is 2.94. The van der Waals surface area contributed by atoms with Gasteiger partial charge in [-0.2, -0.15) is 0 Å². The summed E-state index contributed by atoms with van der Waals surface area (Å²) >= 11 is 0. The van der Waals surface area contributed by atoms with E-state index in [2.05, 4.69) is 12.2 Å². The molecule has 0 atom stereocenters. The van der Waals surface area contributed by atoms with Crippen molar-refractivity contribution in [2.75, 3.05) is 38.4 Å². The number of hydrogen-bond acceptors (Lipinski definition) is 6. The molecule has 0 radical (unpaired) electrons. The molecule has 8 heteroatoms. The summed E-state index contributed by atoms with van der Waals surface area (Å²) in [5.41, 5.74) is 0.678. The SMILES string of the molecule is CCCOc1ccc(OCC(=O)N2CCC(C(=O)Nc3ccc4c(c3)OCO4)CC2)cc1. The van der Waals surface area contributed by atoms with Gasteiger partial charge >= 0.3 is 0 Å². The molecule has 0 aliphatic carbocycles. The van der Waals surface area contributed by atoms with Crippen molar-refractivity contribution in [3.63, 3.8) is 0 Å². The number of benzene rings is 2. The standard InChI is InChI=1S/C24H28N2O6/c1-2-13-29-19-4-6-20(7-5-19)30-15-23(27)26-11-9-17(10-12-26)24(28)25-18-3-8-21-22(14-18)32-16-31-21/h3-8,14,17H,2,9-13,15-16H2,1H3,(H,25,28). The van der Waals surface area contributed by atoms with E-state index < -0.39 is 0 Å². The highest BCUT2D eigenvalue weighted by atomic mass is 16.7. The number of amides is 2. The third-order valence-corrected chi connectivity index (χ3v) is 5.52. The summed E-state index contributed by atoms with van der Waals surface area (Å²) in [6, 6.07) is 12.6. The molecule has 0 unspecified atom stereocenters. The van der Waals surface area contributed by atoms with Crippen LogP contribution >= 0.6 is 0 Å². The average molecular weight is 440 g/mol. The number of carbonyl (C=O) groups is 2. The Morgan fingerprint density at radius 3 is 2.41 bits per heavy atom. The molecule has 0 aromatic heterocycles. The van der Waals surface area contributed by atoms with Gasteiger partial charge in [-0.15, -0.1) is 0 Å². The van der Waals surface area contributed by atoms with E-state index in [0.29, 0.717) is 55.5 Å². The second-order valence-electron chi connectivity index (χ2n) is 7.82. The van der Waals surface area contributed by atoms with Crippen LogP contribution in [0.2, 0.25) is 0 Å². The minimum Gasteiger partial charge on any atom is -0.494 e. The Morgan fingerprint density at radius 2 is 1.69 bits per heavy atom. The van der Waals surface area contributed by atoms with Gasteiger partial charge in [0.2, 0.25) is 12.7 Å². The summed E-state index contributed by atoms with van der Waals surface area (Å²) in [7, 11) is 0. The fourth-order valence-electron chi connectivity index (χ4n) is 3.70. The third kappa shape index (κ3) is 5.43. The number of nitrogens with zero attached hydrogens (tertiary/aromatic N) is 1. The molecular weight excluding hydrogens is 412 g/mol. The van der Waals surface area contributed by atoms with Crippen LogP contribution in [0.3, 0.4) is 0 Å². The highest BCUT2D eigenvalue weighted by Crippen LogP contribution is 2.34. The summed E-state index contributed by atoms with van der Waals surface area (Å²) in [6.07, 6.45) is 2.18. The van der Waals surface area contributed by atoms with Gasteiger partial charge in [0.15, 0.2) is 18.1 Å². The number of nitrogens with one attached hydrogen (secondary N) is 1. The minimum absolute atomic E-state index is 0.0246. The van der Waals surface area contributed by atoms with Crippen LogP contribution < -0.4 is 24.3 Å². The molecule has 32 heavy (non-hydrogen) atoms. The quantitative estimate of drug-likeness (QED) is 0.677. The van der Waals surface area contributed by atoms with Gasteiger partial charge in [-0.1, -0.05) is 6.92 Å². The molecule has 170 valence electrons. The number of rotatable bonds is 8. The molecule has 2 aromatic carbocycles. The number of anilines is 1. The molecule has 4 rings (SSSR count). The lowest BCUT2D eigenvalue weighted by Crippen LogP contribution is -2.43. The minimum atomic E-state index is -0.138. The van der Waals surface area contributed by atoms with Crippen LogP contribution in [0, 0.1) is 5.92 Å². The van der Waals surface area contributed by atoms with Crippen LogP contribution in [0.15, 0.2) is 42.5 Å². The van der Waals surface area contributed by atoms with Gasteiger partial charge in [-0.25, -0.2) is 0 Å². The van der Waals surface area contributed by atoms with E-state index in [1.165, 1.54) is 0 Å². The van der Waals surface area contributed by atoms with Crippen molar-refractivity contribution in [2.24, 2.45) is 5.92 Å². The molecular formula is C24H28N2O6. The number of ether oxygens (including phenoxy) is 4. The highest BCUT2D eigenvalue weighted by molar-refractivity contribution is 5.93. The Labute approximate surface area is 187 Å². The normalized spacial score (nSPS) is 15.3. The van der Waals surface area contributed by atoms with Gasteiger partial charge in [0.05, 0.1) is 6.61 Å². The predicted molar refractivity (Wildman–Crippen MR) is 118 cm³/mol. The van der Waals surface area contributed by atoms with Crippen LogP contribution in [0.1, 0.15) is 26.2 Å². The Hall–Kier alpha value is -3.42. The van der Waals surface area contributed by atoms with Gasteiger partial charge in [0.1, 0.15) is 11.5 Å². The Kier molecular flexibility index (Phi) is 6.99. The highest BCUT2D eigenvalue weighted by Gasteiger charge is 2.28. The zero-order valence-corrected chi connectivity index (χ0v) is 18.2. The van der Waals surface area contributed by atoms with Gasteiger partial charge < -0.3 is 29.2 Å². The van der Waals surface area contributed by atoms with Crippen molar-refractivity contribution in [1.82, 2.24) is 4.90 Å². The molecule has 2 aromatic rings. The molecule has 1 N–H and O–H groups in total. The zero-order valence-electron chi connectivity index (χ0n) is 18.2. The fourth-order valence-corrected chi connectivity index (χ4v) is 3.70. The van der Waals surface area contributed by atoms with Crippen LogP contribution in [0.4, 0.5) is 5.69 Å². The van der Waals surface area contributed by atoms with Crippen molar-refractivity contribution in [3.8, 4) is 23.0 Å². The topological polar surface area (TPSA) is 86.3 Å². The Bertz CT molecular complexity index is 938. The second-order valence-corrected chi connectivity index (χ2v) is 7.82. The maximum absolute atomic E-state index is 12.6. The van der Waals surface area contributed by atoms with Gasteiger partial charge in [-0.3, -0.25) is 9.59 Å². The summed E-state index contributed by atoms with van der Waals surface area (Å²) < 4.78 is 21.8. The third-order valence-electron chi connectivity index (χ3n) is 5.52. The lowest BCUT2D eigenvalue weighted by Gasteiger charge is -2.31. The van der Waals surface area contributed by atoms with E-state index in [4.69, 9.17) is 18.9 Å². The first kappa shape index (κ1) is 21.8. The second kappa shape index (κ2) is 10.3. The van der Waals surface area contributed by atoms with Gasteiger partial charge in [-0.05, 0) is 55.7 Å². The maximum Gasteiger partial charge on any atom is 0.260 e. The van der Waals surface area contributed by atoms with E-state index in [-0.39, 0.29) is 31.1 Å². The molecule has 1 fully saturated rings. The van der Waals surface area contributed by atoms with Crippen LogP contribution in [-0.4, -0.2) is 49.8 Å². The molecule has 0 spiro atoms. The zero-order chi connectivity index (χ0) is 22.3. The number of likely N-dealkylation sites (tertiary alicyclic amines) is 1. The molecule has 0 bridgehead atoms.